The van der Waals surface area contributed by atoms with Gasteiger partial charge in [0.2, 0.25) is 0 Å². The number of benzene rings is 1. The van der Waals surface area contributed by atoms with Gasteiger partial charge in [0.15, 0.2) is 5.75 Å². The van der Waals surface area contributed by atoms with E-state index in [1.54, 1.807) is 0 Å². The minimum absolute atomic E-state index is 0.517. The van der Waals surface area contributed by atoms with Crippen LogP contribution in [-0.2, 0) is 0 Å². The van der Waals surface area contributed by atoms with Crippen molar-refractivity contribution in [2.75, 3.05) is 0 Å². The summed E-state index contributed by atoms with van der Waals surface area (Å²) >= 11 is 10.8. The van der Waals surface area contributed by atoms with Crippen molar-refractivity contribution in [1.82, 2.24) is 0 Å². The molecule has 0 aliphatic rings. The third-order valence-electron chi connectivity index (χ3n) is 1.41. The van der Waals surface area contributed by atoms with Gasteiger partial charge in [-0.3, -0.25) is 0 Å². The molecule has 1 rings (SSSR count). The molecule has 0 N–H and O–H groups in total. The van der Waals surface area contributed by atoms with Gasteiger partial charge in [0.05, 0.1) is 10.0 Å². The van der Waals surface area contributed by atoms with E-state index in [0.29, 0.717) is 12.1 Å². The van der Waals surface area contributed by atoms with Crippen LogP contribution in [0, 0.1) is 0 Å². The lowest BCUT2D eigenvalue weighted by Gasteiger charge is -2.12. The van der Waals surface area contributed by atoms with E-state index < -0.39 is 34.5 Å². The fourth-order valence-electron chi connectivity index (χ4n) is 0.931. The van der Waals surface area contributed by atoms with E-state index in [1.165, 1.54) is 0 Å². The topological polar surface area (TPSA) is 18.5 Å². The highest BCUT2D eigenvalue weighted by Gasteiger charge is 2.31. The Morgan fingerprint density at radius 1 is 1.06 bits per heavy atom. The molecule has 0 amide bonds. The Morgan fingerprint density at radius 3 is 1.88 bits per heavy atom. The zero-order valence-corrected chi connectivity index (χ0v) is 9.21. The van der Waals surface area contributed by atoms with E-state index in [9.17, 15) is 22.0 Å². The highest BCUT2D eigenvalue weighted by atomic mass is 35.5. The fraction of sp³-hybridized carbons (Fsp3) is 0.250. The van der Waals surface area contributed by atoms with Crippen LogP contribution < -0.4 is 9.47 Å². The molecule has 1 aromatic carbocycles. The molecule has 17 heavy (non-hydrogen) atoms. The van der Waals surface area contributed by atoms with Crippen LogP contribution in [0.25, 0.3) is 0 Å². The van der Waals surface area contributed by atoms with E-state index in [2.05, 4.69) is 9.47 Å². The number of ether oxygens (including phenoxy) is 2. The van der Waals surface area contributed by atoms with Crippen molar-refractivity contribution in [1.29, 1.82) is 0 Å². The van der Waals surface area contributed by atoms with Gasteiger partial charge in [0, 0.05) is 12.1 Å². The summed E-state index contributed by atoms with van der Waals surface area (Å²) < 4.78 is 66.8. The molecule has 2 nitrogen and oxygen atoms in total. The van der Waals surface area contributed by atoms with E-state index in [4.69, 9.17) is 23.2 Å². The van der Waals surface area contributed by atoms with Crippen molar-refractivity contribution in [3.8, 4) is 11.5 Å². The summed E-state index contributed by atoms with van der Waals surface area (Å²) in [5.74, 6) is -1.34. The first-order valence-corrected chi connectivity index (χ1v) is 4.64. The van der Waals surface area contributed by atoms with Crippen LogP contribution in [0.4, 0.5) is 22.0 Å². The first-order chi connectivity index (χ1) is 7.69. The van der Waals surface area contributed by atoms with Gasteiger partial charge in [-0.25, -0.2) is 0 Å². The quantitative estimate of drug-likeness (QED) is 0.765. The Kier molecular flexibility index (Phi) is 4.26. The van der Waals surface area contributed by atoms with Gasteiger partial charge in [-0.15, -0.1) is 13.2 Å². The second-order valence-electron chi connectivity index (χ2n) is 2.64. The maximum absolute atomic E-state index is 11.9. The minimum Gasteiger partial charge on any atom is -0.432 e. The molecule has 0 saturated carbocycles. The van der Waals surface area contributed by atoms with Gasteiger partial charge in [-0.2, -0.15) is 8.78 Å². The molecule has 0 bridgehead atoms. The van der Waals surface area contributed by atoms with Crippen molar-refractivity contribution in [3.63, 3.8) is 0 Å². The van der Waals surface area contributed by atoms with Crippen LogP contribution in [0.15, 0.2) is 12.1 Å². The van der Waals surface area contributed by atoms with Gasteiger partial charge in [-0.05, 0) is 0 Å². The van der Waals surface area contributed by atoms with Crippen LogP contribution >= 0.6 is 23.2 Å². The number of hydrogen-bond donors (Lipinski definition) is 0. The van der Waals surface area contributed by atoms with Crippen molar-refractivity contribution >= 4 is 23.2 Å². The molecular formula is C8H3Cl2F5O2. The molecule has 9 heteroatoms. The molecule has 0 fully saturated rings. The normalized spacial score (nSPS) is 11.8. The molecule has 0 unspecified atom stereocenters. The van der Waals surface area contributed by atoms with Gasteiger partial charge in [-0.1, -0.05) is 23.2 Å². The monoisotopic (exact) mass is 296 g/mol. The van der Waals surface area contributed by atoms with Crippen molar-refractivity contribution in [3.05, 3.63) is 22.2 Å². The first kappa shape index (κ1) is 14.1. The first-order valence-electron chi connectivity index (χ1n) is 3.88. The van der Waals surface area contributed by atoms with E-state index in [1.807, 2.05) is 0 Å². The Labute approximate surface area is 102 Å². The van der Waals surface area contributed by atoms with Gasteiger partial charge in [0.1, 0.15) is 5.75 Å². The Balaban J connectivity index is 3.01. The van der Waals surface area contributed by atoms with Crippen LogP contribution in [-0.4, -0.2) is 13.0 Å². The van der Waals surface area contributed by atoms with Crippen molar-refractivity contribution in [2.45, 2.75) is 13.0 Å². The highest BCUT2D eigenvalue weighted by Crippen LogP contribution is 2.39. The van der Waals surface area contributed by atoms with Crippen LogP contribution in [0.3, 0.4) is 0 Å². The second kappa shape index (κ2) is 5.14. The molecule has 0 heterocycles. The molecule has 0 aromatic heterocycles. The average molecular weight is 297 g/mol. The largest absolute Gasteiger partial charge is 0.573 e. The number of alkyl halides is 5. The smallest absolute Gasteiger partial charge is 0.432 e. The van der Waals surface area contributed by atoms with Gasteiger partial charge >= 0.3 is 13.0 Å². The Bertz CT molecular complexity index is 384. The molecule has 0 saturated heterocycles. The molecule has 0 aliphatic heterocycles. The van der Waals surface area contributed by atoms with Crippen molar-refractivity contribution in [2.24, 2.45) is 0 Å². The van der Waals surface area contributed by atoms with E-state index >= 15 is 0 Å². The summed E-state index contributed by atoms with van der Waals surface area (Å²) in [5, 5.41) is -1.03. The lowest BCUT2D eigenvalue weighted by atomic mass is 10.3. The minimum atomic E-state index is -4.93. The van der Waals surface area contributed by atoms with E-state index in [0.717, 1.165) is 0 Å². The van der Waals surface area contributed by atoms with Crippen LogP contribution in [0.2, 0.25) is 10.0 Å². The summed E-state index contributed by atoms with van der Waals surface area (Å²) in [6.45, 7) is -3.20. The third kappa shape index (κ3) is 4.43. The summed E-state index contributed by atoms with van der Waals surface area (Å²) in [6, 6.07) is 1.33. The number of halogens is 7. The average Bonchev–Trinajstić information content (AvgIpc) is 2.08. The summed E-state index contributed by atoms with van der Waals surface area (Å²) in [4.78, 5) is 0. The van der Waals surface area contributed by atoms with Gasteiger partial charge in [0.25, 0.3) is 0 Å². The lowest BCUT2D eigenvalue weighted by Crippen LogP contribution is -2.17. The molecule has 0 atom stereocenters. The third-order valence-corrected chi connectivity index (χ3v) is 1.97. The Hall–Kier alpha value is -0.950. The molecule has 0 radical (unpaired) electrons. The predicted molar refractivity (Wildman–Crippen MR) is 49.8 cm³/mol. The van der Waals surface area contributed by atoms with E-state index in [-0.39, 0.29) is 0 Å². The maximum Gasteiger partial charge on any atom is 0.573 e. The van der Waals surface area contributed by atoms with Crippen LogP contribution in [0.1, 0.15) is 0 Å². The summed E-state index contributed by atoms with van der Waals surface area (Å²) in [7, 11) is 0. The Morgan fingerprint density at radius 2 is 1.53 bits per heavy atom. The standard InChI is InChI=1S/C8H3Cl2F5O2/c9-4-1-3(17-8(13,14)15)2-5(10)6(4)16-7(11)12/h1-2,7H. The molecular weight excluding hydrogens is 294 g/mol. The predicted octanol–water partition coefficient (Wildman–Crippen LogP) is 4.49. The molecule has 0 spiro atoms. The van der Waals surface area contributed by atoms with Crippen molar-refractivity contribution < 1.29 is 31.4 Å². The number of hydrogen-bond acceptors (Lipinski definition) is 2. The fourth-order valence-corrected chi connectivity index (χ4v) is 1.49. The van der Waals surface area contributed by atoms with Gasteiger partial charge < -0.3 is 9.47 Å². The maximum atomic E-state index is 11.9. The van der Waals surface area contributed by atoms with Crippen LogP contribution in [0.5, 0.6) is 11.5 Å². The zero-order valence-electron chi connectivity index (χ0n) is 7.69. The SMILES string of the molecule is FC(F)Oc1c(Cl)cc(OC(F)(F)F)cc1Cl. The highest BCUT2D eigenvalue weighted by molar-refractivity contribution is 6.37. The lowest BCUT2D eigenvalue weighted by molar-refractivity contribution is -0.274. The summed E-state index contributed by atoms with van der Waals surface area (Å²) in [5.41, 5.74) is 0. The number of rotatable bonds is 3. The zero-order chi connectivity index (χ0) is 13.2. The molecule has 0 aliphatic carbocycles. The second-order valence-corrected chi connectivity index (χ2v) is 3.46. The summed E-state index contributed by atoms with van der Waals surface area (Å²) in [6.07, 6.45) is -4.93. The molecule has 96 valence electrons. The molecule has 1 aromatic rings.